The largest absolute Gasteiger partial charge is 0.448 e. The highest BCUT2D eigenvalue weighted by Gasteiger charge is 2.40. The smallest absolute Gasteiger partial charge is 0.342 e. The van der Waals surface area contributed by atoms with Crippen molar-refractivity contribution in [1.29, 1.82) is 0 Å². The molecule has 0 unspecified atom stereocenters. The van der Waals surface area contributed by atoms with E-state index in [1.807, 2.05) is 0 Å². The topological polar surface area (TPSA) is 64.4 Å². The first kappa shape index (κ1) is 16.2. The number of nitrogens with zero attached hydrogens (tertiary/aromatic N) is 3. The molecule has 0 N–H and O–H groups in total. The standard InChI is InChI=1S/C17H18FN3O3/c1-10-13(9-19-21(10)3)17(23)24-15-8-14(20(2)16(15)22)11-4-6-12(18)7-5-11/h4-7,9,14-15H,8H2,1-3H3/t14-,15-/m0/s1. The number of ether oxygens (including phenoxy) is 1. The molecular weight excluding hydrogens is 313 g/mol. The number of amides is 1. The van der Waals surface area contributed by atoms with Crippen LogP contribution in [-0.2, 0) is 16.6 Å². The molecular formula is C17H18FN3O3. The second-order valence-electron chi connectivity index (χ2n) is 5.91. The van der Waals surface area contributed by atoms with Crippen LogP contribution in [0.1, 0.15) is 34.1 Å². The molecule has 1 amide bonds. The predicted molar refractivity (Wildman–Crippen MR) is 83.7 cm³/mol. The molecule has 1 aliphatic rings. The number of rotatable bonds is 3. The van der Waals surface area contributed by atoms with Crippen molar-refractivity contribution in [2.45, 2.75) is 25.5 Å². The summed E-state index contributed by atoms with van der Waals surface area (Å²) in [6, 6.07) is 5.74. The predicted octanol–water partition coefficient (Wildman–Crippen LogP) is 2.00. The van der Waals surface area contributed by atoms with Gasteiger partial charge in [0.15, 0.2) is 6.10 Å². The van der Waals surface area contributed by atoms with E-state index in [0.29, 0.717) is 17.7 Å². The average Bonchev–Trinajstić information content (AvgIpc) is 3.03. The first-order valence-corrected chi connectivity index (χ1v) is 7.60. The molecule has 1 aromatic carbocycles. The fraction of sp³-hybridized carbons (Fsp3) is 0.353. The van der Waals surface area contributed by atoms with E-state index in [2.05, 4.69) is 5.10 Å². The molecule has 126 valence electrons. The number of halogens is 1. The Morgan fingerprint density at radius 3 is 2.54 bits per heavy atom. The Balaban J connectivity index is 1.75. The lowest BCUT2D eigenvalue weighted by Gasteiger charge is -2.19. The van der Waals surface area contributed by atoms with Crippen LogP contribution < -0.4 is 0 Å². The van der Waals surface area contributed by atoms with E-state index in [1.54, 1.807) is 37.8 Å². The number of hydrogen-bond donors (Lipinski definition) is 0. The molecule has 7 heteroatoms. The van der Waals surface area contributed by atoms with Crippen molar-refractivity contribution < 1.29 is 18.7 Å². The summed E-state index contributed by atoms with van der Waals surface area (Å²) in [5.74, 6) is -1.16. The minimum absolute atomic E-state index is 0.245. The molecule has 2 atom stereocenters. The van der Waals surface area contributed by atoms with E-state index in [4.69, 9.17) is 4.74 Å². The van der Waals surface area contributed by atoms with E-state index in [1.165, 1.54) is 23.2 Å². The number of hydrogen-bond acceptors (Lipinski definition) is 4. The fourth-order valence-corrected chi connectivity index (χ4v) is 2.88. The van der Waals surface area contributed by atoms with Gasteiger partial charge in [-0.2, -0.15) is 5.10 Å². The molecule has 3 rings (SSSR count). The quantitative estimate of drug-likeness (QED) is 0.807. The van der Waals surface area contributed by atoms with E-state index >= 15 is 0 Å². The number of likely N-dealkylation sites (N-methyl/N-ethyl adjacent to an activating group) is 1. The summed E-state index contributed by atoms with van der Waals surface area (Å²) in [5, 5.41) is 4.00. The zero-order chi connectivity index (χ0) is 17.4. The third-order valence-corrected chi connectivity index (χ3v) is 4.49. The van der Waals surface area contributed by atoms with Crippen LogP contribution >= 0.6 is 0 Å². The van der Waals surface area contributed by atoms with Crippen LogP contribution in [0.5, 0.6) is 0 Å². The summed E-state index contributed by atoms with van der Waals surface area (Å²) in [6.07, 6.45) is 0.918. The van der Waals surface area contributed by atoms with Gasteiger partial charge in [-0.3, -0.25) is 9.48 Å². The lowest BCUT2D eigenvalue weighted by Crippen LogP contribution is -2.30. The average molecular weight is 331 g/mol. The van der Waals surface area contributed by atoms with Gasteiger partial charge in [0.05, 0.1) is 12.2 Å². The van der Waals surface area contributed by atoms with Crippen LogP contribution in [0.15, 0.2) is 30.5 Å². The molecule has 0 bridgehead atoms. The maximum atomic E-state index is 13.1. The third kappa shape index (κ3) is 2.77. The van der Waals surface area contributed by atoms with Gasteiger partial charge in [0.25, 0.3) is 5.91 Å². The molecule has 1 saturated heterocycles. The van der Waals surface area contributed by atoms with Crippen molar-refractivity contribution in [2.75, 3.05) is 7.05 Å². The molecule has 1 fully saturated rings. The second kappa shape index (κ2) is 6.07. The Labute approximate surface area is 138 Å². The lowest BCUT2D eigenvalue weighted by atomic mass is 10.0. The summed E-state index contributed by atoms with van der Waals surface area (Å²) < 4.78 is 20.0. The van der Waals surface area contributed by atoms with Gasteiger partial charge in [-0.1, -0.05) is 12.1 Å². The van der Waals surface area contributed by atoms with Gasteiger partial charge in [-0.15, -0.1) is 0 Å². The number of carbonyl (C=O) groups excluding carboxylic acids is 2. The highest BCUT2D eigenvalue weighted by molar-refractivity contribution is 5.93. The van der Waals surface area contributed by atoms with Gasteiger partial charge < -0.3 is 9.64 Å². The van der Waals surface area contributed by atoms with Gasteiger partial charge in [0, 0.05) is 26.2 Å². The zero-order valence-electron chi connectivity index (χ0n) is 13.7. The molecule has 6 nitrogen and oxygen atoms in total. The first-order valence-electron chi connectivity index (χ1n) is 7.60. The SMILES string of the molecule is Cc1c(C(=O)O[C@H]2C[C@@H](c3ccc(F)cc3)N(C)C2=O)cnn1C. The van der Waals surface area contributed by atoms with Crippen LogP contribution in [0.2, 0.25) is 0 Å². The van der Waals surface area contributed by atoms with Crippen molar-refractivity contribution in [3.63, 3.8) is 0 Å². The fourth-order valence-electron chi connectivity index (χ4n) is 2.88. The van der Waals surface area contributed by atoms with Crippen molar-refractivity contribution in [2.24, 2.45) is 7.05 Å². The number of carbonyl (C=O) groups is 2. The Morgan fingerprint density at radius 1 is 1.29 bits per heavy atom. The molecule has 0 radical (unpaired) electrons. The first-order chi connectivity index (χ1) is 11.4. The number of aromatic nitrogens is 2. The number of aryl methyl sites for hydroxylation is 1. The summed E-state index contributed by atoms with van der Waals surface area (Å²) >= 11 is 0. The van der Waals surface area contributed by atoms with Gasteiger partial charge in [0.1, 0.15) is 11.4 Å². The van der Waals surface area contributed by atoms with E-state index < -0.39 is 12.1 Å². The van der Waals surface area contributed by atoms with Gasteiger partial charge >= 0.3 is 5.97 Å². The molecule has 2 aromatic rings. The Kier molecular flexibility index (Phi) is 4.09. The van der Waals surface area contributed by atoms with E-state index in [9.17, 15) is 14.0 Å². The van der Waals surface area contributed by atoms with Crippen LogP contribution in [0, 0.1) is 12.7 Å². The maximum Gasteiger partial charge on any atom is 0.342 e. The molecule has 0 saturated carbocycles. The normalized spacial score (nSPS) is 20.5. The zero-order valence-corrected chi connectivity index (χ0v) is 13.7. The summed E-state index contributed by atoms with van der Waals surface area (Å²) in [7, 11) is 3.38. The Hall–Kier alpha value is -2.70. The Bertz CT molecular complexity index is 785. The van der Waals surface area contributed by atoms with Crippen LogP contribution in [0.3, 0.4) is 0 Å². The highest BCUT2D eigenvalue weighted by Crippen LogP contribution is 2.33. The van der Waals surface area contributed by atoms with Gasteiger partial charge in [0.2, 0.25) is 0 Å². The van der Waals surface area contributed by atoms with Crippen LogP contribution in [-0.4, -0.2) is 39.7 Å². The minimum Gasteiger partial charge on any atom is -0.448 e. The number of esters is 1. The number of likely N-dealkylation sites (tertiary alicyclic amines) is 1. The molecule has 1 aliphatic heterocycles. The molecule has 0 spiro atoms. The second-order valence-corrected chi connectivity index (χ2v) is 5.91. The van der Waals surface area contributed by atoms with Crippen molar-refractivity contribution in [1.82, 2.24) is 14.7 Å². The molecule has 2 heterocycles. The summed E-state index contributed by atoms with van der Waals surface area (Å²) in [5.41, 5.74) is 1.83. The van der Waals surface area contributed by atoms with Gasteiger partial charge in [-0.05, 0) is 24.6 Å². The van der Waals surface area contributed by atoms with Crippen molar-refractivity contribution in [3.8, 4) is 0 Å². The van der Waals surface area contributed by atoms with Crippen LogP contribution in [0.25, 0.3) is 0 Å². The minimum atomic E-state index is -0.850. The maximum absolute atomic E-state index is 13.1. The van der Waals surface area contributed by atoms with Gasteiger partial charge in [-0.25, -0.2) is 9.18 Å². The van der Waals surface area contributed by atoms with Crippen molar-refractivity contribution >= 4 is 11.9 Å². The third-order valence-electron chi connectivity index (χ3n) is 4.49. The summed E-state index contributed by atoms with van der Waals surface area (Å²) in [6.45, 7) is 1.76. The number of benzene rings is 1. The highest BCUT2D eigenvalue weighted by atomic mass is 19.1. The monoisotopic (exact) mass is 331 g/mol. The lowest BCUT2D eigenvalue weighted by molar-refractivity contribution is -0.134. The van der Waals surface area contributed by atoms with Crippen molar-refractivity contribution in [3.05, 3.63) is 53.1 Å². The molecule has 0 aliphatic carbocycles. The van der Waals surface area contributed by atoms with E-state index in [-0.39, 0.29) is 17.8 Å². The Morgan fingerprint density at radius 2 is 1.96 bits per heavy atom. The molecule has 24 heavy (non-hydrogen) atoms. The van der Waals surface area contributed by atoms with E-state index in [0.717, 1.165) is 5.56 Å². The molecule has 1 aromatic heterocycles. The summed E-state index contributed by atoms with van der Waals surface area (Å²) in [4.78, 5) is 26.2. The van der Waals surface area contributed by atoms with Crippen LogP contribution in [0.4, 0.5) is 4.39 Å².